The van der Waals surface area contributed by atoms with Crippen molar-refractivity contribution >= 4 is 11.8 Å². The van der Waals surface area contributed by atoms with E-state index in [0.717, 1.165) is 51.9 Å². The molecule has 1 aromatic rings. The summed E-state index contributed by atoms with van der Waals surface area (Å²) in [4.78, 5) is 28.1. The minimum absolute atomic E-state index is 0.0421. The number of nitrogens with zero attached hydrogens (tertiary/aromatic N) is 2. The SMILES string of the molecule is CC(=O)N1CCCC(C(=O)NCCCN2CCc3ccccc3C2)C1. The second kappa shape index (κ2) is 8.48. The molecule has 2 aliphatic rings. The first kappa shape index (κ1) is 17.9. The standard InChI is InChI=1S/C20H29N3O2/c1-16(24)23-12-4-8-19(15-23)20(25)21-10-5-11-22-13-9-17-6-2-3-7-18(17)14-22/h2-3,6-7,19H,4-5,8-15H2,1H3,(H,21,25). The number of carbonyl (C=O) groups excluding carboxylic acids is 2. The van der Waals surface area contributed by atoms with Crippen LogP contribution in [0.3, 0.4) is 0 Å². The first-order chi connectivity index (χ1) is 12.1. The average Bonchev–Trinajstić information content (AvgIpc) is 2.65. The zero-order valence-electron chi connectivity index (χ0n) is 15.2. The molecule has 0 radical (unpaired) electrons. The van der Waals surface area contributed by atoms with Crippen molar-refractivity contribution in [3.8, 4) is 0 Å². The van der Waals surface area contributed by atoms with Crippen molar-refractivity contribution in [3.63, 3.8) is 0 Å². The lowest BCUT2D eigenvalue weighted by molar-refractivity contribution is -0.133. The van der Waals surface area contributed by atoms with Crippen LogP contribution in [0.5, 0.6) is 0 Å². The molecule has 2 aliphatic heterocycles. The molecule has 5 nitrogen and oxygen atoms in total. The molecule has 5 heteroatoms. The van der Waals surface area contributed by atoms with Gasteiger partial charge in [0.1, 0.15) is 0 Å². The van der Waals surface area contributed by atoms with Gasteiger partial charge in [-0.2, -0.15) is 0 Å². The molecule has 3 rings (SSSR count). The van der Waals surface area contributed by atoms with Gasteiger partial charge in [0.25, 0.3) is 0 Å². The Morgan fingerprint density at radius 3 is 2.80 bits per heavy atom. The zero-order chi connectivity index (χ0) is 17.6. The van der Waals surface area contributed by atoms with Gasteiger partial charge in [-0.05, 0) is 36.8 Å². The Morgan fingerprint density at radius 2 is 2.00 bits per heavy atom. The number of hydrogen-bond donors (Lipinski definition) is 1. The van der Waals surface area contributed by atoms with Gasteiger partial charge in [-0.3, -0.25) is 14.5 Å². The Balaban J connectivity index is 1.36. The fourth-order valence-electron chi connectivity index (χ4n) is 3.88. The smallest absolute Gasteiger partial charge is 0.224 e. The highest BCUT2D eigenvalue weighted by molar-refractivity contribution is 5.80. The zero-order valence-corrected chi connectivity index (χ0v) is 15.2. The fourth-order valence-corrected chi connectivity index (χ4v) is 3.88. The van der Waals surface area contributed by atoms with Crippen LogP contribution in [0, 0.1) is 5.92 Å². The van der Waals surface area contributed by atoms with E-state index in [1.807, 2.05) is 0 Å². The number of likely N-dealkylation sites (tertiary alicyclic amines) is 1. The van der Waals surface area contributed by atoms with E-state index in [1.165, 1.54) is 11.1 Å². The number of rotatable bonds is 5. The Labute approximate surface area is 150 Å². The van der Waals surface area contributed by atoms with Crippen LogP contribution in [-0.2, 0) is 22.6 Å². The van der Waals surface area contributed by atoms with Crippen LogP contribution in [0.1, 0.15) is 37.3 Å². The number of piperidine rings is 1. The third-order valence-corrected chi connectivity index (χ3v) is 5.40. The topological polar surface area (TPSA) is 52.7 Å². The maximum Gasteiger partial charge on any atom is 0.224 e. The molecule has 1 atom stereocenters. The van der Waals surface area contributed by atoms with Gasteiger partial charge >= 0.3 is 0 Å². The summed E-state index contributed by atoms with van der Waals surface area (Å²) in [7, 11) is 0. The van der Waals surface area contributed by atoms with E-state index in [-0.39, 0.29) is 17.7 Å². The van der Waals surface area contributed by atoms with Crippen LogP contribution >= 0.6 is 0 Å². The minimum Gasteiger partial charge on any atom is -0.356 e. The lowest BCUT2D eigenvalue weighted by Crippen LogP contribution is -2.45. The Kier molecular flexibility index (Phi) is 6.08. The van der Waals surface area contributed by atoms with Crippen LogP contribution in [0.2, 0.25) is 0 Å². The van der Waals surface area contributed by atoms with Gasteiger partial charge < -0.3 is 10.2 Å². The third-order valence-electron chi connectivity index (χ3n) is 5.40. The maximum atomic E-state index is 12.3. The predicted octanol–water partition coefficient (Wildman–Crippen LogP) is 1.81. The van der Waals surface area contributed by atoms with E-state index >= 15 is 0 Å². The summed E-state index contributed by atoms with van der Waals surface area (Å²) < 4.78 is 0. The van der Waals surface area contributed by atoms with Crippen molar-refractivity contribution in [1.29, 1.82) is 0 Å². The van der Waals surface area contributed by atoms with Gasteiger partial charge in [-0.1, -0.05) is 24.3 Å². The van der Waals surface area contributed by atoms with Crippen LogP contribution in [-0.4, -0.2) is 54.3 Å². The summed E-state index contributed by atoms with van der Waals surface area (Å²) in [5, 5.41) is 3.07. The normalized spacial score (nSPS) is 20.8. The number of fused-ring (bicyclic) bond motifs is 1. The van der Waals surface area contributed by atoms with E-state index in [4.69, 9.17) is 0 Å². The van der Waals surface area contributed by atoms with E-state index in [1.54, 1.807) is 11.8 Å². The van der Waals surface area contributed by atoms with Crippen molar-refractivity contribution in [2.45, 2.75) is 39.2 Å². The molecular formula is C20H29N3O2. The van der Waals surface area contributed by atoms with Crippen molar-refractivity contribution in [2.24, 2.45) is 5.92 Å². The highest BCUT2D eigenvalue weighted by atomic mass is 16.2. The van der Waals surface area contributed by atoms with Gasteiger partial charge in [-0.15, -0.1) is 0 Å². The molecule has 136 valence electrons. The molecule has 1 fully saturated rings. The van der Waals surface area contributed by atoms with Crippen molar-refractivity contribution in [1.82, 2.24) is 15.1 Å². The largest absolute Gasteiger partial charge is 0.356 e. The number of carbonyl (C=O) groups is 2. The fraction of sp³-hybridized carbons (Fsp3) is 0.600. The molecule has 0 saturated carbocycles. The second-order valence-corrected chi connectivity index (χ2v) is 7.24. The van der Waals surface area contributed by atoms with Gasteiger partial charge in [0.2, 0.25) is 11.8 Å². The third kappa shape index (κ3) is 4.82. The average molecular weight is 343 g/mol. The number of nitrogens with one attached hydrogen (secondary N) is 1. The lowest BCUT2D eigenvalue weighted by Gasteiger charge is -2.31. The van der Waals surface area contributed by atoms with Crippen molar-refractivity contribution in [3.05, 3.63) is 35.4 Å². The van der Waals surface area contributed by atoms with E-state index < -0.39 is 0 Å². The molecule has 25 heavy (non-hydrogen) atoms. The first-order valence-electron chi connectivity index (χ1n) is 9.46. The Bertz CT molecular complexity index is 617. The molecular weight excluding hydrogens is 314 g/mol. The molecule has 1 N–H and O–H groups in total. The molecule has 0 aliphatic carbocycles. The quantitative estimate of drug-likeness (QED) is 0.830. The van der Waals surface area contributed by atoms with Crippen molar-refractivity contribution < 1.29 is 9.59 Å². The molecule has 1 saturated heterocycles. The van der Waals surface area contributed by atoms with Gasteiger partial charge in [-0.25, -0.2) is 0 Å². The van der Waals surface area contributed by atoms with E-state index in [0.29, 0.717) is 13.1 Å². The summed E-state index contributed by atoms with van der Waals surface area (Å²) in [5.41, 5.74) is 2.91. The molecule has 2 heterocycles. The summed E-state index contributed by atoms with van der Waals surface area (Å²) in [5.74, 6) is 0.136. The molecule has 2 amide bonds. The Morgan fingerprint density at radius 1 is 1.20 bits per heavy atom. The summed E-state index contributed by atoms with van der Waals surface area (Å²) in [6.45, 7) is 6.78. The van der Waals surface area contributed by atoms with Crippen molar-refractivity contribution in [2.75, 3.05) is 32.7 Å². The maximum absolute atomic E-state index is 12.3. The van der Waals surface area contributed by atoms with E-state index in [2.05, 4.69) is 34.5 Å². The van der Waals surface area contributed by atoms with Gasteiger partial charge in [0.05, 0.1) is 5.92 Å². The van der Waals surface area contributed by atoms with E-state index in [9.17, 15) is 9.59 Å². The van der Waals surface area contributed by atoms with Gasteiger partial charge in [0.15, 0.2) is 0 Å². The van der Waals surface area contributed by atoms with Crippen LogP contribution < -0.4 is 5.32 Å². The molecule has 0 aromatic heterocycles. The lowest BCUT2D eigenvalue weighted by atomic mass is 9.97. The summed E-state index contributed by atoms with van der Waals surface area (Å²) in [6, 6.07) is 8.66. The molecule has 0 spiro atoms. The summed E-state index contributed by atoms with van der Waals surface area (Å²) >= 11 is 0. The molecule has 1 unspecified atom stereocenters. The number of amides is 2. The monoisotopic (exact) mass is 343 g/mol. The Hall–Kier alpha value is -1.88. The van der Waals surface area contributed by atoms with Crippen LogP contribution in [0.4, 0.5) is 0 Å². The van der Waals surface area contributed by atoms with Crippen LogP contribution in [0.25, 0.3) is 0 Å². The molecule has 0 bridgehead atoms. The number of benzene rings is 1. The van der Waals surface area contributed by atoms with Crippen LogP contribution in [0.15, 0.2) is 24.3 Å². The predicted molar refractivity (Wildman–Crippen MR) is 98.0 cm³/mol. The second-order valence-electron chi connectivity index (χ2n) is 7.24. The minimum atomic E-state index is -0.0421. The number of hydrogen-bond acceptors (Lipinski definition) is 3. The van der Waals surface area contributed by atoms with Gasteiger partial charge in [0, 0.05) is 46.2 Å². The summed E-state index contributed by atoms with van der Waals surface area (Å²) in [6.07, 6.45) is 3.89. The highest BCUT2D eigenvalue weighted by Gasteiger charge is 2.26. The first-order valence-corrected chi connectivity index (χ1v) is 9.46. The molecule has 1 aromatic carbocycles. The highest BCUT2D eigenvalue weighted by Crippen LogP contribution is 2.19.